The van der Waals surface area contributed by atoms with E-state index in [0.29, 0.717) is 110 Å². The van der Waals surface area contributed by atoms with Crippen molar-refractivity contribution in [2.75, 3.05) is 95.2 Å². The summed E-state index contributed by atoms with van der Waals surface area (Å²) in [6.45, 7) is 8.41. The zero-order chi connectivity index (χ0) is 67.4. The molecule has 6 heterocycles. The number of benzene rings is 5. The molecule has 1 unspecified atom stereocenters. The summed E-state index contributed by atoms with van der Waals surface area (Å²) in [4.78, 5) is 127. The van der Waals surface area contributed by atoms with Crippen LogP contribution in [0.15, 0.2) is 96.0 Å². The van der Waals surface area contributed by atoms with Crippen molar-refractivity contribution >= 4 is 88.0 Å². The van der Waals surface area contributed by atoms with E-state index in [4.69, 9.17) is 38.3 Å². The molecule has 3 atom stereocenters. The molecule has 506 valence electrons. The molecule has 6 aliphatic heterocycles. The second-order valence-corrected chi connectivity index (χ2v) is 28.4. The molecule has 1 aliphatic carbocycles. The molecular weight excluding hydrogens is 1250 g/mol. The van der Waals surface area contributed by atoms with Crippen LogP contribution in [0.25, 0.3) is 0 Å². The first-order valence-corrected chi connectivity index (χ1v) is 34.1. The molecule has 96 heavy (non-hydrogen) atoms. The predicted molar refractivity (Wildman–Crippen MR) is 360 cm³/mol. The van der Waals surface area contributed by atoms with Gasteiger partial charge in [0.2, 0.25) is 17.7 Å². The van der Waals surface area contributed by atoms with E-state index < -0.39 is 33.7 Å². The van der Waals surface area contributed by atoms with E-state index >= 15 is 0 Å². The van der Waals surface area contributed by atoms with Gasteiger partial charge >= 0.3 is 5.97 Å². The Balaban J connectivity index is 0.764. The van der Waals surface area contributed by atoms with Gasteiger partial charge in [-0.1, -0.05) is 36.4 Å². The molecule has 7 aliphatic rings. The summed E-state index contributed by atoms with van der Waals surface area (Å²) in [5.74, 6) is -1.83. The van der Waals surface area contributed by atoms with Gasteiger partial charge in [0.15, 0.2) is 11.5 Å². The number of para-hydroxylation sites is 2. The number of amides is 7. The summed E-state index contributed by atoms with van der Waals surface area (Å²) in [6, 6.07) is 29.1. The number of fused-ring (bicyclic) bond motifs is 8. The number of thioether (sulfide) groups is 1. The van der Waals surface area contributed by atoms with Crippen LogP contribution in [-0.4, -0.2) is 171 Å². The summed E-state index contributed by atoms with van der Waals surface area (Å²) >= 11 is 1.37. The van der Waals surface area contributed by atoms with Crippen molar-refractivity contribution in [1.82, 2.24) is 14.9 Å². The van der Waals surface area contributed by atoms with E-state index in [1.807, 2.05) is 110 Å². The van der Waals surface area contributed by atoms with Gasteiger partial charge in [0.05, 0.1) is 75.1 Å². The normalized spacial score (nSPS) is 20.3. The molecular formula is C73H83N7O15S. The molecule has 12 rings (SSSR count). The quantitative estimate of drug-likeness (QED) is 0.0352. The maximum Gasteiger partial charge on any atom is 0.336 e. The number of hydroxylamine groups is 2. The molecule has 0 radical (unpaired) electrons. The summed E-state index contributed by atoms with van der Waals surface area (Å²) in [7, 11) is 4.87. The average Bonchev–Trinajstić information content (AvgIpc) is 1.61. The van der Waals surface area contributed by atoms with E-state index in [9.17, 15) is 38.4 Å². The van der Waals surface area contributed by atoms with Crippen LogP contribution in [0.3, 0.4) is 0 Å². The Hall–Kier alpha value is -8.64. The van der Waals surface area contributed by atoms with Crippen LogP contribution >= 0.6 is 11.8 Å². The van der Waals surface area contributed by atoms with Crippen molar-refractivity contribution in [2.45, 2.75) is 127 Å². The lowest BCUT2D eigenvalue weighted by atomic mass is 9.82. The van der Waals surface area contributed by atoms with Gasteiger partial charge in [-0.15, -0.1) is 16.8 Å². The minimum atomic E-state index is -0.684. The van der Waals surface area contributed by atoms with Gasteiger partial charge in [0, 0.05) is 105 Å². The number of aryl methyl sites for hydroxylation is 2. The highest BCUT2D eigenvalue weighted by atomic mass is 32.2. The number of hydrogen-bond acceptors (Lipinski definition) is 18. The monoisotopic (exact) mass is 1330 g/mol. The lowest BCUT2D eigenvalue weighted by Crippen LogP contribution is -2.45. The van der Waals surface area contributed by atoms with Crippen molar-refractivity contribution in [2.24, 2.45) is 16.8 Å². The number of rotatable bonds is 27. The second-order valence-electron chi connectivity index (χ2n) is 26.4. The Morgan fingerprint density at radius 2 is 1.32 bits per heavy atom. The lowest BCUT2D eigenvalue weighted by molar-refractivity contribution is -0.201. The number of carbonyl (C=O) groups excluding carboxylic acids is 8. The van der Waals surface area contributed by atoms with Crippen LogP contribution in [0, 0.1) is 18.8 Å². The van der Waals surface area contributed by atoms with Crippen LogP contribution in [-0.2, 0) is 80.3 Å². The maximum absolute atomic E-state index is 14.8. The molecule has 5 aromatic carbocycles. The van der Waals surface area contributed by atoms with Crippen molar-refractivity contribution in [3.63, 3.8) is 0 Å². The van der Waals surface area contributed by atoms with E-state index in [-0.39, 0.29) is 113 Å². The fourth-order valence-corrected chi connectivity index (χ4v) is 15.7. The topological polar surface area (TPSA) is 233 Å². The van der Waals surface area contributed by atoms with Gasteiger partial charge < -0.3 is 48.0 Å². The van der Waals surface area contributed by atoms with Gasteiger partial charge in [-0.25, -0.2) is 4.79 Å². The van der Waals surface area contributed by atoms with Gasteiger partial charge in [-0.3, -0.25) is 48.4 Å². The van der Waals surface area contributed by atoms with Crippen LogP contribution in [0.5, 0.6) is 17.2 Å². The Bertz CT molecular complexity index is 3850. The van der Waals surface area contributed by atoms with Gasteiger partial charge in [0.25, 0.3) is 23.6 Å². The van der Waals surface area contributed by atoms with Crippen LogP contribution < -0.4 is 28.9 Å². The third-order valence-corrected chi connectivity index (χ3v) is 20.6. The van der Waals surface area contributed by atoms with Crippen molar-refractivity contribution in [3.8, 4) is 17.2 Å². The number of nitrogens with zero attached hydrogens (tertiary/aromatic N) is 7. The third-order valence-electron chi connectivity index (χ3n) is 19.1. The molecule has 0 aromatic heterocycles. The zero-order valence-electron chi connectivity index (χ0n) is 55.3. The van der Waals surface area contributed by atoms with Crippen LogP contribution in [0.2, 0.25) is 0 Å². The Morgan fingerprint density at radius 1 is 0.667 bits per heavy atom. The number of likely N-dealkylation sites (tertiary alicyclic amines) is 1. The number of hydrogen-bond donors (Lipinski definition) is 0. The number of methoxy groups -OCH3 is 2. The first-order chi connectivity index (χ1) is 46.3. The number of likely N-dealkylation sites (N-methyl/N-ethyl adjacent to an activating group) is 1. The molecule has 22 nitrogen and oxygen atoms in total. The Kier molecular flexibility index (Phi) is 20.6. The van der Waals surface area contributed by atoms with Crippen LogP contribution in [0.1, 0.15) is 119 Å². The van der Waals surface area contributed by atoms with E-state index in [2.05, 4.69) is 6.07 Å². The minimum Gasteiger partial charge on any atom is -0.493 e. The molecule has 1 saturated carbocycles. The molecule has 0 bridgehead atoms. The molecule has 0 spiro atoms. The second kappa shape index (κ2) is 29.4. The number of aliphatic imine (C=N–C) groups is 1. The third kappa shape index (κ3) is 14.8. The highest BCUT2D eigenvalue weighted by Crippen LogP contribution is 2.44. The molecule has 7 amide bonds. The predicted octanol–water partition coefficient (Wildman–Crippen LogP) is 8.96. The zero-order valence-corrected chi connectivity index (χ0v) is 56.2. The molecule has 0 N–H and O–H groups in total. The number of carbonyl (C=O) groups is 8. The van der Waals surface area contributed by atoms with Gasteiger partial charge in [0.1, 0.15) is 19.0 Å². The Morgan fingerprint density at radius 3 is 2.03 bits per heavy atom. The first kappa shape index (κ1) is 67.3. The number of anilines is 3. The van der Waals surface area contributed by atoms with E-state index in [0.717, 1.165) is 52.0 Å². The summed E-state index contributed by atoms with van der Waals surface area (Å²) in [5, 5.41) is -0.0998. The molecule has 3 fully saturated rings. The maximum atomic E-state index is 14.8. The smallest absolute Gasteiger partial charge is 0.336 e. The molecule has 23 heteroatoms. The van der Waals surface area contributed by atoms with Crippen molar-refractivity contribution in [1.29, 1.82) is 0 Å². The minimum absolute atomic E-state index is 0.00916. The van der Waals surface area contributed by atoms with Crippen LogP contribution in [0.4, 0.5) is 22.7 Å². The van der Waals surface area contributed by atoms with E-state index in [1.54, 1.807) is 36.1 Å². The average molecular weight is 1330 g/mol. The SMILES string of the molecule is COCCOCCOCCN(CC(=O)N(C)CC(C)(C)SC1CC(=O)N(CC2CCC(C(=O)ON3C(=O)CCC3=O)CC2)C1=O)c1cc(COc2cc3c(cc2C)C(=O)N2c4ccccc4C[C@H]2CC3)cc(COc2cc3c(cc2OC)C(=O)N2c4ccccc4C[C@H]2C=N3)c1. The van der Waals surface area contributed by atoms with Crippen molar-refractivity contribution in [3.05, 3.63) is 136 Å². The number of imide groups is 2. The number of ether oxygens (including phenoxy) is 6. The molecule has 5 aromatic rings. The van der Waals surface area contributed by atoms with Gasteiger partial charge in [-0.2, -0.15) is 0 Å². The fraction of sp³-hybridized carbons (Fsp3) is 0.466. The largest absolute Gasteiger partial charge is 0.493 e. The summed E-state index contributed by atoms with van der Waals surface area (Å²) < 4.78 is 35.6. The van der Waals surface area contributed by atoms with Gasteiger partial charge in [-0.05, 0) is 154 Å². The highest BCUT2D eigenvalue weighted by molar-refractivity contribution is 8.02. The standard InChI is InChI=1S/C73H83N7O15S/c1-45-29-56-50(19-20-53-33-51-11-7-9-13-59(51)78(53)69(56)85)35-61(45)93-42-47-30-48(43-94-63-37-58-57(36-62(63)90-6)70(86)79-55(39-74-58)34-52-12-8-10-14-60(52)79)32-54(31-47)76(23-24-91-27-28-92-26-25-89-5)41-68(84)75(4)44-73(2,3)96-64-38-67(83)77(71(64)87)40-46-15-17-49(18-16-46)72(88)95-80-65(81)21-22-66(80)82/h7-14,29-32,35-37,39,46,49,53,55,64H,15-28,33-34,38,40-44H2,1-6H3/t46?,49?,53-,55+,64?/m1/s1. The molecule has 2 saturated heterocycles. The first-order valence-electron chi connectivity index (χ1n) is 33.2. The highest BCUT2D eigenvalue weighted by Gasteiger charge is 2.45. The van der Waals surface area contributed by atoms with Crippen molar-refractivity contribution < 1.29 is 71.6 Å². The Labute approximate surface area is 563 Å². The fourth-order valence-electron chi connectivity index (χ4n) is 14.2. The lowest BCUT2D eigenvalue weighted by Gasteiger charge is -2.33. The summed E-state index contributed by atoms with van der Waals surface area (Å²) in [5.41, 5.74) is 9.50. The summed E-state index contributed by atoms with van der Waals surface area (Å²) in [6.07, 6.45) is 6.81. The van der Waals surface area contributed by atoms with E-state index in [1.165, 1.54) is 29.3 Å².